The molecule has 0 aromatic heterocycles. The molecule has 37 heavy (non-hydrogen) atoms. The van der Waals surface area contributed by atoms with Crippen molar-refractivity contribution in [1.82, 2.24) is 15.1 Å². The summed E-state index contributed by atoms with van der Waals surface area (Å²) in [5.74, 6) is -0.0283. The summed E-state index contributed by atoms with van der Waals surface area (Å²) >= 11 is 0. The highest BCUT2D eigenvalue weighted by atomic mass is 16.2. The first kappa shape index (κ1) is 24.8. The van der Waals surface area contributed by atoms with E-state index in [1.807, 2.05) is 59.5 Å². The lowest BCUT2D eigenvalue weighted by atomic mass is 10.1. The minimum absolute atomic E-state index is 0.0283. The third-order valence-corrected chi connectivity index (χ3v) is 7.06. The Balaban J connectivity index is 1.44. The molecule has 2 aliphatic heterocycles. The van der Waals surface area contributed by atoms with Crippen LogP contribution in [0, 0.1) is 0 Å². The van der Waals surface area contributed by atoms with Gasteiger partial charge in [0.1, 0.15) is 0 Å². The van der Waals surface area contributed by atoms with Gasteiger partial charge in [-0.2, -0.15) is 0 Å². The first-order valence-corrected chi connectivity index (χ1v) is 12.9. The third kappa shape index (κ3) is 5.76. The van der Waals surface area contributed by atoms with E-state index in [-0.39, 0.29) is 5.91 Å². The lowest BCUT2D eigenvalue weighted by Crippen LogP contribution is -2.47. The number of nitrogens with zero attached hydrogens (tertiary/aromatic N) is 4. The van der Waals surface area contributed by atoms with Crippen molar-refractivity contribution < 1.29 is 9.59 Å². The zero-order valence-electron chi connectivity index (χ0n) is 21.1. The van der Waals surface area contributed by atoms with Crippen LogP contribution in [0.3, 0.4) is 0 Å². The Morgan fingerprint density at radius 3 is 2.11 bits per heavy atom. The number of amides is 3. The molecule has 0 aliphatic carbocycles. The maximum atomic E-state index is 13.3. The molecule has 0 saturated carbocycles. The van der Waals surface area contributed by atoms with Crippen LogP contribution in [0.4, 0.5) is 21.9 Å². The normalized spacial score (nSPS) is 16.4. The van der Waals surface area contributed by atoms with Gasteiger partial charge in [0.2, 0.25) is 0 Å². The third-order valence-electron chi connectivity index (χ3n) is 7.06. The van der Waals surface area contributed by atoms with Crippen LogP contribution in [0.5, 0.6) is 0 Å². The van der Waals surface area contributed by atoms with E-state index in [1.165, 1.54) is 10.5 Å². The molecule has 2 fully saturated rings. The molecule has 2 aliphatic rings. The van der Waals surface area contributed by atoms with Gasteiger partial charge in [0.25, 0.3) is 5.91 Å². The maximum Gasteiger partial charge on any atom is 0.323 e. The molecule has 2 saturated heterocycles. The van der Waals surface area contributed by atoms with Crippen LogP contribution in [0.2, 0.25) is 0 Å². The molecule has 5 rings (SSSR count). The lowest BCUT2D eigenvalue weighted by molar-refractivity contribution is 0.0736. The Kier molecular flexibility index (Phi) is 7.67. The van der Waals surface area contributed by atoms with Crippen molar-refractivity contribution in [3.63, 3.8) is 0 Å². The van der Waals surface area contributed by atoms with Crippen molar-refractivity contribution in [3.8, 4) is 0 Å². The Morgan fingerprint density at radius 1 is 0.811 bits per heavy atom. The van der Waals surface area contributed by atoms with E-state index < -0.39 is 6.03 Å². The van der Waals surface area contributed by atoms with Gasteiger partial charge in [0, 0.05) is 64.5 Å². The highest BCUT2D eigenvalue weighted by Crippen LogP contribution is 2.36. The number of primary amides is 1. The largest absolute Gasteiger partial charge is 0.367 e. The first-order chi connectivity index (χ1) is 18.1. The van der Waals surface area contributed by atoms with Crippen LogP contribution in [-0.2, 0) is 6.54 Å². The Labute approximate surface area is 218 Å². The van der Waals surface area contributed by atoms with Crippen LogP contribution in [0.15, 0.2) is 78.9 Å². The molecule has 0 bridgehead atoms. The number of nitrogens with one attached hydrogen (secondary N) is 1. The van der Waals surface area contributed by atoms with Gasteiger partial charge in [-0.1, -0.05) is 48.5 Å². The van der Waals surface area contributed by atoms with Gasteiger partial charge >= 0.3 is 6.03 Å². The summed E-state index contributed by atoms with van der Waals surface area (Å²) in [5, 5.41) is 3.28. The van der Waals surface area contributed by atoms with Gasteiger partial charge in [-0.05, 0) is 35.9 Å². The van der Waals surface area contributed by atoms with Crippen LogP contribution < -0.4 is 20.9 Å². The minimum atomic E-state index is -0.582. The molecule has 192 valence electrons. The fourth-order valence-electron chi connectivity index (χ4n) is 5.10. The predicted molar refractivity (Wildman–Crippen MR) is 147 cm³/mol. The number of urea groups is 1. The van der Waals surface area contributed by atoms with E-state index in [0.717, 1.165) is 51.5 Å². The topological polar surface area (TPSA) is 85.1 Å². The Hall–Kier alpha value is -3.88. The highest BCUT2D eigenvalue weighted by Gasteiger charge is 2.27. The van der Waals surface area contributed by atoms with Gasteiger partial charge in [-0.15, -0.1) is 0 Å². The summed E-state index contributed by atoms with van der Waals surface area (Å²) in [4.78, 5) is 34.2. The number of hydrogen-bond donors (Lipinski definition) is 2. The van der Waals surface area contributed by atoms with Gasteiger partial charge in [-0.25, -0.2) is 4.79 Å². The van der Waals surface area contributed by atoms with Crippen molar-refractivity contribution in [1.29, 1.82) is 0 Å². The van der Waals surface area contributed by atoms with E-state index in [4.69, 9.17) is 5.73 Å². The molecule has 3 amide bonds. The van der Waals surface area contributed by atoms with Crippen LogP contribution in [0.1, 0.15) is 15.9 Å². The highest BCUT2D eigenvalue weighted by molar-refractivity contribution is 6.04. The monoisotopic (exact) mass is 498 g/mol. The number of benzene rings is 3. The van der Waals surface area contributed by atoms with Gasteiger partial charge in [-0.3, -0.25) is 14.6 Å². The molecule has 8 heteroatoms. The first-order valence-electron chi connectivity index (χ1n) is 12.9. The second-order valence-electron chi connectivity index (χ2n) is 9.50. The molecule has 3 N–H and O–H groups in total. The SMILES string of the molecule is NC(=O)N(c1ccccc1)c1cc(C(=O)N2CCNCC2)ccc1N1CCN(Cc2ccccc2)CC1. The number of rotatable bonds is 6. The quantitative estimate of drug-likeness (QED) is 0.545. The molecule has 0 atom stereocenters. The second kappa shape index (κ2) is 11.5. The predicted octanol–water partition coefficient (Wildman–Crippen LogP) is 3.27. The standard InChI is InChI=1S/C29H34N6O2/c30-29(37)35(25-9-5-2-6-10-25)27-21-24(28(36)34-15-13-31-14-16-34)11-12-26(27)33-19-17-32(18-20-33)22-23-7-3-1-4-8-23/h1-12,21,31H,13-20,22H2,(H2,30,37). The number of carbonyl (C=O) groups excluding carboxylic acids is 2. The molecule has 0 unspecified atom stereocenters. The number of nitrogens with two attached hydrogens (primary N) is 1. The summed E-state index contributed by atoms with van der Waals surface area (Å²) in [6.45, 7) is 7.23. The Bertz CT molecular complexity index is 1210. The zero-order valence-corrected chi connectivity index (χ0v) is 21.1. The smallest absolute Gasteiger partial charge is 0.323 e. The number of hydrogen-bond acceptors (Lipinski definition) is 5. The van der Waals surface area contributed by atoms with Gasteiger partial charge < -0.3 is 20.9 Å². The summed E-state index contributed by atoms with van der Waals surface area (Å²) in [6, 6.07) is 25.0. The average Bonchev–Trinajstić information content (AvgIpc) is 2.95. The zero-order chi connectivity index (χ0) is 25.6. The van der Waals surface area contributed by atoms with E-state index >= 15 is 0 Å². The van der Waals surface area contributed by atoms with E-state index in [9.17, 15) is 9.59 Å². The van der Waals surface area contributed by atoms with Crippen molar-refractivity contribution in [3.05, 3.63) is 90.0 Å². The molecule has 0 radical (unpaired) electrons. The van der Waals surface area contributed by atoms with Crippen LogP contribution in [0.25, 0.3) is 0 Å². The fraction of sp³-hybridized carbons (Fsp3) is 0.310. The number of carbonyl (C=O) groups is 2. The van der Waals surface area contributed by atoms with E-state index in [2.05, 4.69) is 39.4 Å². The molecular formula is C29H34N6O2. The fourth-order valence-corrected chi connectivity index (χ4v) is 5.10. The molecular weight excluding hydrogens is 464 g/mol. The number of piperazine rings is 2. The maximum absolute atomic E-state index is 13.3. The summed E-state index contributed by atoms with van der Waals surface area (Å²) in [6.07, 6.45) is 0. The van der Waals surface area contributed by atoms with Crippen LogP contribution in [-0.4, -0.2) is 74.1 Å². The summed E-state index contributed by atoms with van der Waals surface area (Å²) in [7, 11) is 0. The second-order valence-corrected chi connectivity index (χ2v) is 9.50. The van der Waals surface area contributed by atoms with E-state index in [1.54, 1.807) is 0 Å². The van der Waals surface area contributed by atoms with Crippen molar-refractivity contribution in [2.24, 2.45) is 5.73 Å². The average molecular weight is 499 g/mol. The summed E-state index contributed by atoms with van der Waals surface area (Å²) in [5.41, 5.74) is 10.0. The summed E-state index contributed by atoms with van der Waals surface area (Å²) < 4.78 is 0. The molecule has 8 nitrogen and oxygen atoms in total. The molecule has 3 aromatic rings. The molecule has 3 aromatic carbocycles. The lowest BCUT2D eigenvalue weighted by Gasteiger charge is -2.38. The van der Waals surface area contributed by atoms with Crippen molar-refractivity contribution in [2.75, 3.05) is 62.2 Å². The van der Waals surface area contributed by atoms with Crippen molar-refractivity contribution >= 4 is 29.0 Å². The minimum Gasteiger partial charge on any atom is -0.367 e. The molecule has 0 spiro atoms. The van der Waals surface area contributed by atoms with Crippen LogP contribution >= 0.6 is 0 Å². The van der Waals surface area contributed by atoms with Gasteiger partial charge in [0.15, 0.2) is 0 Å². The number of para-hydroxylation sites is 1. The van der Waals surface area contributed by atoms with Crippen molar-refractivity contribution in [2.45, 2.75) is 6.54 Å². The van der Waals surface area contributed by atoms with Gasteiger partial charge in [0.05, 0.1) is 17.1 Å². The molecule has 2 heterocycles. The Morgan fingerprint density at radius 2 is 1.46 bits per heavy atom. The van der Waals surface area contributed by atoms with E-state index in [0.29, 0.717) is 30.0 Å². The number of anilines is 3.